The van der Waals surface area contributed by atoms with Crippen LogP contribution in [0, 0.1) is 11.8 Å². The van der Waals surface area contributed by atoms with E-state index in [1.54, 1.807) is 0 Å². The summed E-state index contributed by atoms with van der Waals surface area (Å²) in [5.41, 5.74) is 1.38. The third-order valence-electron chi connectivity index (χ3n) is 11.2. The Bertz CT molecular complexity index is 763. The van der Waals surface area contributed by atoms with Crippen molar-refractivity contribution in [2.24, 2.45) is 11.8 Å². The normalized spacial score (nSPS) is 15.9. The van der Waals surface area contributed by atoms with Gasteiger partial charge in [0, 0.05) is 25.6 Å². The van der Waals surface area contributed by atoms with Crippen molar-refractivity contribution < 1.29 is 24.1 Å². The highest BCUT2D eigenvalue weighted by Gasteiger charge is 2.20. The number of hydrogen-bond acceptors (Lipinski definition) is 6. The van der Waals surface area contributed by atoms with E-state index in [0.29, 0.717) is 39.0 Å². The second-order valence-electron chi connectivity index (χ2n) is 16.3. The average molecular weight is 736 g/mol. The first-order valence-corrected chi connectivity index (χ1v) is 22.8. The van der Waals surface area contributed by atoms with Gasteiger partial charge >= 0.3 is 0 Å². The average Bonchev–Trinajstić information content (AvgIpc) is 3.36. The molecule has 6 heteroatoms. The van der Waals surface area contributed by atoms with E-state index in [1.165, 1.54) is 134 Å². The van der Waals surface area contributed by atoms with E-state index in [4.69, 9.17) is 14.2 Å². The van der Waals surface area contributed by atoms with E-state index >= 15 is 0 Å². The molecule has 1 rings (SSSR count). The van der Waals surface area contributed by atoms with Crippen LogP contribution in [-0.2, 0) is 19.0 Å². The lowest BCUT2D eigenvalue weighted by atomic mass is 9.84. The largest absolute Gasteiger partial charge is 0.393 e. The van der Waals surface area contributed by atoms with Crippen molar-refractivity contribution in [2.45, 2.75) is 206 Å². The van der Waals surface area contributed by atoms with Gasteiger partial charge in [0.2, 0.25) is 0 Å². The van der Waals surface area contributed by atoms with Crippen LogP contribution in [0.15, 0.2) is 12.2 Å². The second kappa shape index (κ2) is 38.5. The molecule has 3 unspecified atom stereocenters. The molecule has 0 saturated carbocycles. The van der Waals surface area contributed by atoms with Crippen molar-refractivity contribution >= 4 is 6.29 Å². The highest BCUT2D eigenvalue weighted by atomic mass is 16.5. The fourth-order valence-corrected chi connectivity index (χ4v) is 7.80. The molecule has 0 bridgehead atoms. The Hall–Kier alpha value is -0.790. The zero-order valence-corrected chi connectivity index (χ0v) is 34.9. The summed E-state index contributed by atoms with van der Waals surface area (Å²) in [6.45, 7) is 15.8. The summed E-state index contributed by atoms with van der Waals surface area (Å²) in [4.78, 5) is 14.6. The van der Waals surface area contributed by atoms with Gasteiger partial charge < -0.3 is 29.0 Å². The first-order chi connectivity index (χ1) is 25.6. The first-order valence-electron chi connectivity index (χ1n) is 22.8. The summed E-state index contributed by atoms with van der Waals surface area (Å²) >= 11 is 0. The third kappa shape index (κ3) is 32.6. The van der Waals surface area contributed by atoms with Crippen LogP contribution in [0.4, 0.5) is 0 Å². The Labute approximate surface area is 324 Å². The van der Waals surface area contributed by atoms with Crippen molar-refractivity contribution in [2.75, 3.05) is 59.3 Å². The third-order valence-corrected chi connectivity index (χ3v) is 11.2. The molecule has 0 spiro atoms. The Balaban J connectivity index is 2.26. The summed E-state index contributed by atoms with van der Waals surface area (Å²) < 4.78 is 17.4. The summed E-state index contributed by atoms with van der Waals surface area (Å²) in [5.74, 6) is 0.492. The molecule has 0 aromatic carbocycles. The predicted octanol–water partition coefficient (Wildman–Crippen LogP) is 12.1. The minimum Gasteiger partial charge on any atom is -0.393 e. The van der Waals surface area contributed by atoms with Gasteiger partial charge in [-0.25, -0.2) is 0 Å². The fourth-order valence-electron chi connectivity index (χ4n) is 7.80. The van der Waals surface area contributed by atoms with Gasteiger partial charge in [0.15, 0.2) is 0 Å². The van der Waals surface area contributed by atoms with Crippen molar-refractivity contribution in [3.63, 3.8) is 0 Å². The van der Waals surface area contributed by atoms with Gasteiger partial charge in [0.25, 0.3) is 0 Å². The molecular formula is C46H89NO5. The molecular weight excluding hydrogens is 647 g/mol. The van der Waals surface area contributed by atoms with E-state index in [1.807, 2.05) is 0 Å². The van der Waals surface area contributed by atoms with Crippen LogP contribution < -0.4 is 0 Å². The lowest BCUT2D eigenvalue weighted by Crippen LogP contribution is -2.29. The molecule has 308 valence electrons. The highest BCUT2D eigenvalue weighted by molar-refractivity contribution is 5.53. The van der Waals surface area contributed by atoms with Crippen LogP contribution in [0.3, 0.4) is 0 Å². The number of hydrogen-bond donors (Lipinski definition) is 1. The fraction of sp³-hybridized carbons (Fsp3) is 0.935. The molecule has 0 radical (unpaired) electrons. The SMILES string of the molecule is C=C1CCCN(CCOCCOCCOCCCC(CC(O)CCCCCCCCCCCC)CC(C=O)CCCCCCCCCCCC)CC1. The maximum atomic E-state index is 12.1. The minimum atomic E-state index is -0.260. The highest BCUT2D eigenvalue weighted by Crippen LogP contribution is 2.27. The van der Waals surface area contributed by atoms with Crippen molar-refractivity contribution in [1.29, 1.82) is 0 Å². The van der Waals surface area contributed by atoms with E-state index in [0.717, 1.165) is 90.4 Å². The van der Waals surface area contributed by atoms with Crippen LogP contribution in [0.1, 0.15) is 200 Å². The Kier molecular flexibility index (Phi) is 36.4. The van der Waals surface area contributed by atoms with Gasteiger partial charge in [-0.1, -0.05) is 154 Å². The van der Waals surface area contributed by atoms with Crippen LogP contribution in [0.25, 0.3) is 0 Å². The Morgan fingerprint density at radius 3 is 1.65 bits per heavy atom. The molecule has 1 fully saturated rings. The Morgan fingerprint density at radius 1 is 0.596 bits per heavy atom. The van der Waals surface area contributed by atoms with Gasteiger partial charge in [-0.05, 0) is 70.3 Å². The molecule has 1 saturated heterocycles. The first kappa shape index (κ1) is 49.2. The number of carbonyl (C=O) groups is 1. The van der Waals surface area contributed by atoms with Crippen LogP contribution in [0.5, 0.6) is 0 Å². The molecule has 6 nitrogen and oxygen atoms in total. The topological polar surface area (TPSA) is 68.2 Å². The van der Waals surface area contributed by atoms with Crippen LogP contribution in [-0.4, -0.2) is 81.7 Å². The van der Waals surface area contributed by atoms with E-state index in [-0.39, 0.29) is 12.0 Å². The summed E-state index contributed by atoms with van der Waals surface area (Å²) in [6.07, 6.45) is 36.4. The monoisotopic (exact) mass is 736 g/mol. The number of aliphatic hydroxyl groups excluding tert-OH is 1. The molecule has 3 atom stereocenters. The second-order valence-corrected chi connectivity index (χ2v) is 16.3. The molecule has 1 aliphatic rings. The zero-order chi connectivity index (χ0) is 37.6. The Morgan fingerprint density at radius 2 is 1.10 bits per heavy atom. The number of carbonyl (C=O) groups excluding carboxylic acids is 1. The van der Waals surface area contributed by atoms with E-state index in [2.05, 4.69) is 25.3 Å². The minimum absolute atomic E-state index is 0.115. The predicted molar refractivity (Wildman–Crippen MR) is 222 cm³/mol. The van der Waals surface area contributed by atoms with Gasteiger partial charge in [-0.15, -0.1) is 0 Å². The van der Waals surface area contributed by atoms with Gasteiger partial charge in [-0.3, -0.25) is 0 Å². The lowest BCUT2D eigenvalue weighted by molar-refractivity contribution is -0.112. The maximum absolute atomic E-state index is 12.1. The summed E-state index contributed by atoms with van der Waals surface area (Å²) in [7, 11) is 0. The number of ether oxygens (including phenoxy) is 3. The quantitative estimate of drug-likeness (QED) is 0.0384. The molecule has 0 aromatic rings. The number of nitrogens with zero attached hydrogens (tertiary/aromatic N) is 1. The number of unbranched alkanes of at least 4 members (excludes halogenated alkanes) is 18. The summed E-state index contributed by atoms with van der Waals surface area (Å²) in [5, 5.41) is 11.0. The van der Waals surface area contributed by atoms with Crippen molar-refractivity contribution in [3.8, 4) is 0 Å². The number of rotatable bonds is 40. The smallest absolute Gasteiger partial charge is 0.123 e. The lowest BCUT2D eigenvalue weighted by Gasteiger charge is -2.23. The van der Waals surface area contributed by atoms with Crippen LogP contribution >= 0.6 is 0 Å². The van der Waals surface area contributed by atoms with Gasteiger partial charge in [0.1, 0.15) is 6.29 Å². The standard InChI is InChI=1S/C46H89NO5/c1-4-6-8-10-12-14-16-18-20-22-27-45(42-48)40-44(41-46(49)29-23-21-19-17-15-13-11-9-7-5-2)28-25-34-50-36-38-52-39-37-51-35-33-47-31-24-26-43(3)30-32-47/h42,44-46,49H,3-41H2,1-2H3. The number of likely N-dealkylation sites (tertiary alicyclic amines) is 1. The molecule has 0 amide bonds. The molecule has 0 aromatic heterocycles. The molecule has 1 heterocycles. The molecule has 1 N–H and O–H groups in total. The molecule has 1 aliphatic heterocycles. The zero-order valence-electron chi connectivity index (χ0n) is 34.9. The van der Waals surface area contributed by atoms with E-state index < -0.39 is 0 Å². The maximum Gasteiger partial charge on any atom is 0.123 e. The van der Waals surface area contributed by atoms with Crippen LogP contribution in [0.2, 0.25) is 0 Å². The molecule has 0 aliphatic carbocycles. The molecule has 52 heavy (non-hydrogen) atoms. The summed E-state index contributed by atoms with van der Waals surface area (Å²) in [6, 6.07) is 0. The van der Waals surface area contributed by atoms with Gasteiger partial charge in [0.05, 0.1) is 39.1 Å². The van der Waals surface area contributed by atoms with Crippen molar-refractivity contribution in [1.82, 2.24) is 4.90 Å². The van der Waals surface area contributed by atoms with Crippen molar-refractivity contribution in [3.05, 3.63) is 12.2 Å². The number of aldehydes is 1. The number of aliphatic hydroxyl groups is 1. The van der Waals surface area contributed by atoms with Gasteiger partial charge in [-0.2, -0.15) is 0 Å². The van der Waals surface area contributed by atoms with E-state index in [9.17, 15) is 9.90 Å².